The third-order valence-corrected chi connectivity index (χ3v) is 5.95. The smallest absolute Gasteiger partial charge is 0.271 e. The number of rotatable bonds is 5. The summed E-state index contributed by atoms with van der Waals surface area (Å²) in [5.74, 6) is 0.314. The molecule has 0 unspecified atom stereocenters. The van der Waals surface area contributed by atoms with Crippen LogP contribution in [0.25, 0.3) is 16.2 Å². The predicted octanol–water partition coefficient (Wildman–Crippen LogP) is 4.09. The van der Waals surface area contributed by atoms with Crippen LogP contribution in [0.5, 0.6) is 0 Å². The van der Waals surface area contributed by atoms with E-state index >= 15 is 0 Å². The molecule has 1 fully saturated rings. The van der Waals surface area contributed by atoms with Crippen LogP contribution in [0.15, 0.2) is 35.8 Å². The first-order chi connectivity index (χ1) is 13.1. The van der Waals surface area contributed by atoms with Gasteiger partial charge in [0.1, 0.15) is 11.5 Å². The summed E-state index contributed by atoms with van der Waals surface area (Å²) in [6, 6.07) is 6.34. The fraction of sp³-hybridized carbons (Fsp3) is 0.400. The second kappa shape index (κ2) is 7.78. The van der Waals surface area contributed by atoms with E-state index < -0.39 is 0 Å². The number of hydrogen-bond acceptors (Lipinski definition) is 4. The number of halogens is 1. The first-order valence-corrected chi connectivity index (χ1v) is 10.1. The summed E-state index contributed by atoms with van der Waals surface area (Å²) < 4.78 is 20.7. The standard InChI is InChI=1S/C20H22FN3O2S/c1-23(8-5-14-6-9-26-10-7-14)19(25)18-13-27-20-22-17(12-24(18)20)15-3-2-4-16(21)11-15/h2-4,11-14H,5-10H2,1H3. The van der Waals surface area contributed by atoms with E-state index in [1.807, 2.05) is 18.5 Å². The fourth-order valence-corrected chi connectivity index (χ4v) is 4.28. The zero-order chi connectivity index (χ0) is 18.8. The molecule has 1 aliphatic heterocycles. The van der Waals surface area contributed by atoms with E-state index in [2.05, 4.69) is 4.98 Å². The molecule has 1 saturated heterocycles. The van der Waals surface area contributed by atoms with Gasteiger partial charge >= 0.3 is 0 Å². The third-order valence-electron chi connectivity index (χ3n) is 5.11. The van der Waals surface area contributed by atoms with Crippen molar-refractivity contribution in [1.29, 1.82) is 0 Å². The van der Waals surface area contributed by atoms with Crippen molar-refractivity contribution in [1.82, 2.24) is 14.3 Å². The zero-order valence-corrected chi connectivity index (χ0v) is 16.0. The van der Waals surface area contributed by atoms with Gasteiger partial charge in [-0.05, 0) is 37.3 Å². The molecule has 3 aromatic rings. The molecule has 1 aromatic carbocycles. The maximum absolute atomic E-state index is 13.5. The number of ether oxygens (including phenoxy) is 1. The van der Waals surface area contributed by atoms with Crippen LogP contribution in [0.4, 0.5) is 4.39 Å². The second-order valence-corrected chi connectivity index (χ2v) is 7.82. The van der Waals surface area contributed by atoms with Crippen LogP contribution in [-0.4, -0.2) is 47.0 Å². The van der Waals surface area contributed by atoms with Gasteiger partial charge in [0, 0.05) is 43.9 Å². The molecular formula is C20H22FN3O2S. The zero-order valence-electron chi connectivity index (χ0n) is 15.2. The van der Waals surface area contributed by atoms with E-state index in [4.69, 9.17) is 4.74 Å². The highest BCUT2D eigenvalue weighted by Gasteiger charge is 2.20. The highest BCUT2D eigenvalue weighted by molar-refractivity contribution is 7.15. The first-order valence-electron chi connectivity index (χ1n) is 9.17. The van der Waals surface area contributed by atoms with E-state index in [9.17, 15) is 9.18 Å². The van der Waals surface area contributed by atoms with Gasteiger partial charge in [-0.25, -0.2) is 9.37 Å². The van der Waals surface area contributed by atoms with E-state index in [0.29, 0.717) is 22.9 Å². The molecule has 5 nitrogen and oxygen atoms in total. The summed E-state index contributed by atoms with van der Waals surface area (Å²) in [5.41, 5.74) is 1.97. The number of carbonyl (C=O) groups is 1. The maximum Gasteiger partial charge on any atom is 0.271 e. The lowest BCUT2D eigenvalue weighted by molar-refractivity contribution is 0.0582. The Morgan fingerprint density at radius 1 is 1.41 bits per heavy atom. The topological polar surface area (TPSA) is 46.8 Å². The van der Waals surface area contributed by atoms with Crippen molar-refractivity contribution in [3.63, 3.8) is 0 Å². The van der Waals surface area contributed by atoms with Crippen molar-refractivity contribution in [3.8, 4) is 11.3 Å². The Balaban J connectivity index is 1.50. The molecule has 0 spiro atoms. The van der Waals surface area contributed by atoms with E-state index in [1.165, 1.54) is 23.5 Å². The minimum atomic E-state index is -0.298. The maximum atomic E-state index is 13.5. The highest BCUT2D eigenvalue weighted by Crippen LogP contribution is 2.25. The van der Waals surface area contributed by atoms with Crippen LogP contribution >= 0.6 is 11.3 Å². The van der Waals surface area contributed by atoms with Crippen LogP contribution in [0.1, 0.15) is 29.8 Å². The van der Waals surface area contributed by atoms with E-state index in [1.54, 1.807) is 21.6 Å². The Morgan fingerprint density at radius 2 is 2.22 bits per heavy atom. The number of amides is 1. The predicted molar refractivity (Wildman–Crippen MR) is 104 cm³/mol. The molecule has 0 saturated carbocycles. The number of aromatic nitrogens is 2. The van der Waals surface area contributed by atoms with Crippen LogP contribution in [0.2, 0.25) is 0 Å². The van der Waals surface area contributed by atoms with Gasteiger partial charge in [0.15, 0.2) is 4.96 Å². The Hall–Kier alpha value is -2.25. The van der Waals surface area contributed by atoms with E-state index in [-0.39, 0.29) is 11.7 Å². The molecule has 0 radical (unpaired) electrons. The Morgan fingerprint density at radius 3 is 3.00 bits per heavy atom. The van der Waals surface area contributed by atoms with Crippen LogP contribution in [0.3, 0.4) is 0 Å². The van der Waals surface area contributed by atoms with Crippen molar-refractivity contribution < 1.29 is 13.9 Å². The SMILES string of the molecule is CN(CCC1CCOCC1)C(=O)c1csc2nc(-c3cccc(F)c3)cn12. The van der Waals surface area contributed by atoms with Gasteiger partial charge < -0.3 is 9.64 Å². The largest absolute Gasteiger partial charge is 0.381 e. The lowest BCUT2D eigenvalue weighted by Gasteiger charge is -2.24. The number of imidazole rings is 1. The summed E-state index contributed by atoms with van der Waals surface area (Å²) in [6.07, 6.45) is 4.95. The van der Waals surface area contributed by atoms with E-state index in [0.717, 1.165) is 44.0 Å². The summed E-state index contributed by atoms with van der Waals surface area (Å²) in [5, 5.41) is 1.84. The summed E-state index contributed by atoms with van der Waals surface area (Å²) in [4.78, 5) is 19.9. The number of carbonyl (C=O) groups excluding carboxylic acids is 1. The monoisotopic (exact) mass is 387 g/mol. The molecule has 142 valence electrons. The fourth-order valence-electron chi connectivity index (χ4n) is 3.43. The first kappa shape index (κ1) is 18.1. The number of nitrogens with zero attached hydrogens (tertiary/aromatic N) is 3. The van der Waals surface area contributed by atoms with Crippen molar-refractivity contribution in [2.24, 2.45) is 5.92 Å². The number of hydrogen-bond donors (Lipinski definition) is 0. The average Bonchev–Trinajstić information content (AvgIpc) is 3.27. The Kier molecular flexibility index (Phi) is 5.22. The molecule has 0 atom stereocenters. The van der Waals surface area contributed by atoms with Crippen LogP contribution < -0.4 is 0 Å². The second-order valence-electron chi connectivity index (χ2n) is 6.98. The van der Waals surface area contributed by atoms with Gasteiger partial charge in [0.25, 0.3) is 5.91 Å². The molecule has 3 heterocycles. The lowest BCUT2D eigenvalue weighted by Crippen LogP contribution is -2.30. The molecule has 0 aliphatic carbocycles. The van der Waals surface area contributed by atoms with Crippen molar-refractivity contribution in [2.75, 3.05) is 26.8 Å². The Bertz CT molecular complexity index is 946. The Labute approximate surface area is 161 Å². The molecule has 1 aliphatic rings. The summed E-state index contributed by atoms with van der Waals surface area (Å²) in [7, 11) is 1.84. The van der Waals surface area contributed by atoms with Crippen molar-refractivity contribution >= 4 is 22.2 Å². The minimum Gasteiger partial charge on any atom is -0.381 e. The van der Waals surface area contributed by atoms with Gasteiger partial charge in [0.05, 0.1) is 5.69 Å². The quantitative estimate of drug-likeness (QED) is 0.662. The molecule has 0 N–H and O–H groups in total. The van der Waals surface area contributed by atoms with Crippen LogP contribution in [-0.2, 0) is 4.74 Å². The van der Waals surface area contributed by atoms with Gasteiger partial charge in [-0.1, -0.05) is 12.1 Å². The van der Waals surface area contributed by atoms with Gasteiger partial charge in [-0.3, -0.25) is 9.20 Å². The molecule has 27 heavy (non-hydrogen) atoms. The molecule has 4 rings (SSSR count). The molecule has 2 aromatic heterocycles. The van der Waals surface area contributed by atoms with Crippen molar-refractivity contribution in [3.05, 3.63) is 47.4 Å². The number of benzene rings is 1. The lowest BCUT2D eigenvalue weighted by atomic mass is 9.96. The highest BCUT2D eigenvalue weighted by atomic mass is 32.1. The molecule has 1 amide bonds. The molecule has 0 bridgehead atoms. The minimum absolute atomic E-state index is 0.0171. The normalized spacial score (nSPS) is 15.3. The molecule has 7 heteroatoms. The summed E-state index contributed by atoms with van der Waals surface area (Å²) in [6.45, 7) is 2.38. The molecular weight excluding hydrogens is 365 g/mol. The van der Waals surface area contributed by atoms with Crippen LogP contribution in [0, 0.1) is 11.7 Å². The number of thiazole rings is 1. The average molecular weight is 387 g/mol. The van der Waals surface area contributed by atoms with Gasteiger partial charge in [-0.15, -0.1) is 11.3 Å². The summed E-state index contributed by atoms with van der Waals surface area (Å²) >= 11 is 1.42. The van der Waals surface area contributed by atoms with Gasteiger partial charge in [0.2, 0.25) is 0 Å². The third kappa shape index (κ3) is 3.89. The van der Waals surface area contributed by atoms with Crippen molar-refractivity contribution in [2.45, 2.75) is 19.3 Å². The van der Waals surface area contributed by atoms with Gasteiger partial charge in [-0.2, -0.15) is 0 Å². The number of fused-ring (bicyclic) bond motifs is 1.